The van der Waals surface area contributed by atoms with E-state index in [1.54, 1.807) is 12.4 Å². The number of unbranched alkanes of at least 4 members (excludes halogenated alkanes) is 3. The van der Waals surface area contributed by atoms with Crippen molar-refractivity contribution in [1.82, 2.24) is 9.97 Å². The van der Waals surface area contributed by atoms with Crippen molar-refractivity contribution in [2.75, 3.05) is 0 Å². The van der Waals surface area contributed by atoms with E-state index in [1.165, 1.54) is 25.7 Å². The first-order valence-corrected chi connectivity index (χ1v) is 6.83. The lowest BCUT2D eigenvalue weighted by molar-refractivity contribution is 0.197. The van der Waals surface area contributed by atoms with E-state index in [2.05, 4.69) is 23.8 Å². The molecule has 0 aliphatic carbocycles. The van der Waals surface area contributed by atoms with E-state index in [0.29, 0.717) is 11.8 Å². The van der Waals surface area contributed by atoms with E-state index < -0.39 is 0 Å². The minimum Gasteiger partial charge on any atom is -0.474 e. The second-order valence-corrected chi connectivity index (χ2v) is 4.53. The molecular formula is C13H21ClN2O. The van der Waals surface area contributed by atoms with Gasteiger partial charge in [0, 0.05) is 6.20 Å². The summed E-state index contributed by atoms with van der Waals surface area (Å²) in [6.45, 7) is 4.29. The van der Waals surface area contributed by atoms with E-state index >= 15 is 0 Å². The zero-order valence-electron chi connectivity index (χ0n) is 10.7. The third-order valence-corrected chi connectivity index (χ3v) is 2.86. The summed E-state index contributed by atoms with van der Waals surface area (Å²) in [6, 6.07) is 0. The minimum absolute atomic E-state index is 0.187. The molecule has 0 aliphatic heterocycles. The molecule has 0 spiro atoms. The average Bonchev–Trinajstić information content (AvgIpc) is 2.35. The Bertz CT molecular complexity index is 320. The van der Waals surface area contributed by atoms with Crippen molar-refractivity contribution in [2.45, 2.75) is 57.9 Å². The molecule has 0 saturated heterocycles. The Morgan fingerprint density at radius 1 is 1.29 bits per heavy atom. The molecule has 0 aromatic carbocycles. The third-order valence-electron chi connectivity index (χ3n) is 2.59. The smallest absolute Gasteiger partial charge is 0.232 e. The van der Waals surface area contributed by atoms with Gasteiger partial charge in [-0.25, -0.2) is 4.98 Å². The fraction of sp³-hybridized carbons (Fsp3) is 0.692. The molecule has 1 atom stereocenters. The van der Waals surface area contributed by atoms with Gasteiger partial charge >= 0.3 is 0 Å². The van der Waals surface area contributed by atoms with Crippen LogP contribution in [0.4, 0.5) is 0 Å². The largest absolute Gasteiger partial charge is 0.474 e. The highest BCUT2D eigenvalue weighted by Crippen LogP contribution is 2.13. The topological polar surface area (TPSA) is 35.0 Å². The maximum absolute atomic E-state index is 5.70. The number of ether oxygens (including phenoxy) is 1. The van der Waals surface area contributed by atoms with Crippen molar-refractivity contribution in [2.24, 2.45) is 0 Å². The van der Waals surface area contributed by atoms with Crippen LogP contribution in [0.2, 0.25) is 0 Å². The van der Waals surface area contributed by atoms with Crippen molar-refractivity contribution >= 4 is 11.6 Å². The van der Waals surface area contributed by atoms with Crippen LogP contribution in [0.25, 0.3) is 0 Å². The normalized spacial score (nSPS) is 12.4. The third kappa shape index (κ3) is 5.87. The standard InChI is InChI=1S/C13H21ClN2O/c1-3-4-5-6-7-11(2)17-13-10-15-9-12(8-14)16-13/h9-11H,3-8H2,1-2H3. The fourth-order valence-corrected chi connectivity index (χ4v) is 1.76. The number of halogens is 1. The lowest BCUT2D eigenvalue weighted by Gasteiger charge is -2.13. The average molecular weight is 257 g/mol. The van der Waals surface area contributed by atoms with Crippen LogP contribution in [-0.4, -0.2) is 16.1 Å². The van der Waals surface area contributed by atoms with Crippen LogP contribution in [-0.2, 0) is 5.88 Å². The van der Waals surface area contributed by atoms with Crippen LogP contribution >= 0.6 is 11.6 Å². The molecule has 1 unspecified atom stereocenters. The van der Waals surface area contributed by atoms with Crippen molar-refractivity contribution < 1.29 is 4.74 Å². The van der Waals surface area contributed by atoms with Gasteiger partial charge < -0.3 is 4.74 Å². The van der Waals surface area contributed by atoms with Crippen LogP contribution in [0, 0.1) is 0 Å². The van der Waals surface area contributed by atoms with E-state index in [9.17, 15) is 0 Å². The summed E-state index contributed by atoms with van der Waals surface area (Å²) in [5, 5.41) is 0. The Labute approximate surface area is 109 Å². The summed E-state index contributed by atoms with van der Waals surface area (Å²) >= 11 is 5.70. The van der Waals surface area contributed by atoms with E-state index in [4.69, 9.17) is 16.3 Å². The minimum atomic E-state index is 0.187. The van der Waals surface area contributed by atoms with Gasteiger partial charge in [0.2, 0.25) is 5.88 Å². The predicted molar refractivity (Wildman–Crippen MR) is 70.4 cm³/mol. The summed E-state index contributed by atoms with van der Waals surface area (Å²) in [7, 11) is 0. The van der Waals surface area contributed by atoms with Crippen LogP contribution in [0.1, 0.15) is 51.6 Å². The Morgan fingerprint density at radius 3 is 2.82 bits per heavy atom. The van der Waals surface area contributed by atoms with Crippen LogP contribution < -0.4 is 4.74 Å². The summed E-state index contributed by atoms with van der Waals surface area (Å²) in [6.07, 6.45) is 9.59. The molecule has 17 heavy (non-hydrogen) atoms. The molecule has 0 fully saturated rings. The van der Waals surface area contributed by atoms with Crippen molar-refractivity contribution in [3.63, 3.8) is 0 Å². The Balaban J connectivity index is 2.31. The second-order valence-electron chi connectivity index (χ2n) is 4.26. The SMILES string of the molecule is CCCCCCC(C)Oc1cncc(CCl)n1. The molecule has 1 aromatic rings. The van der Waals surface area contributed by atoms with Gasteiger partial charge in [-0.1, -0.05) is 26.2 Å². The number of hydrogen-bond acceptors (Lipinski definition) is 3. The zero-order valence-corrected chi connectivity index (χ0v) is 11.4. The van der Waals surface area contributed by atoms with E-state index in [-0.39, 0.29) is 6.10 Å². The van der Waals surface area contributed by atoms with Gasteiger partial charge in [0.15, 0.2) is 0 Å². The first-order valence-electron chi connectivity index (χ1n) is 6.29. The van der Waals surface area contributed by atoms with Crippen molar-refractivity contribution in [1.29, 1.82) is 0 Å². The Hall–Kier alpha value is -0.830. The van der Waals surface area contributed by atoms with Crippen LogP contribution in [0.15, 0.2) is 12.4 Å². The molecule has 4 heteroatoms. The summed E-state index contributed by atoms with van der Waals surface area (Å²) in [4.78, 5) is 8.31. The Kier molecular flexibility index (Phi) is 6.94. The van der Waals surface area contributed by atoms with Crippen molar-refractivity contribution in [3.8, 4) is 5.88 Å². The number of aromatic nitrogens is 2. The quantitative estimate of drug-likeness (QED) is 0.522. The monoisotopic (exact) mass is 256 g/mol. The molecule has 0 saturated carbocycles. The molecule has 0 bridgehead atoms. The predicted octanol–water partition coefficient (Wildman–Crippen LogP) is 3.95. The lowest BCUT2D eigenvalue weighted by atomic mass is 10.1. The lowest BCUT2D eigenvalue weighted by Crippen LogP contribution is -2.13. The molecule has 0 radical (unpaired) electrons. The summed E-state index contributed by atoms with van der Waals surface area (Å²) in [5.74, 6) is 0.945. The molecular weight excluding hydrogens is 236 g/mol. The zero-order chi connectivity index (χ0) is 12.5. The molecule has 0 aliphatic rings. The summed E-state index contributed by atoms with van der Waals surface area (Å²) < 4.78 is 5.70. The van der Waals surface area contributed by atoms with Crippen LogP contribution in [0.5, 0.6) is 5.88 Å². The number of hydrogen-bond donors (Lipinski definition) is 0. The highest BCUT2D eigenvalue weighted by atomic mass is 35.5. The first kappa shape index (κ1) is 14.2. The van der Waals surface area contributed by atoms with Gasteiger partial charge in [0.1, 0.15) is 0 Å². The van der Waals surface area contributed by atoms with Gasteiger partial charge in [-0.2, -0.15) is 0 Å². The van der Waals surface area contributed by atoms with E-state index in [0.717, 1.165) is 12.1 Å². The van der Waals surface area contributed by atoms with Gasteiger partial charge in [-0.05, 0) is 19.8 Å². The molecule has 3 nitrogen and oxygen atoms in total. The molecule has 1 rings (SSSR count). The number of nitrogens with zero attached hydrogens (tertiary/aromatic N) is 2. The maximum atomic E-state index is 5.70. The highest BCUT2D eigenvalue weighted by molar-refractivity contribution is 6.16. The Morgan fingerprint density at radius 2 is 2.12 bits per heavy atom. The molecule has 1 heterocycles. The maximum Gasteiger partial charge on any atom is 0.232 e. The number of alkyl halides is 1. The summed E-state index contributed by atoms with van der Waals surface area (Å²) in [5.41, 5.74) is 0.752. The molecule has 1 aromatic heterocycles. The molecule has 96 valence electrons. The van der Waals surface area contributed by atoms with Gasteiger partial charge in [-0.15, -0.1) is 11.6 Å². The van der Waals surface area contributed by atoms with Gasteiger partial charge in [-0.3, -0.25) is 4.98 Å². The number of rotatable bonds is 8. The van der Waals surface area contributed by atoms with Crippen LogP contribution in [0.3, 0.4) is 0 Å². The molecule has 0 N–H and O–H groups in total. The first-order chi connectivity index (χ1) is 8.26. The second kappa shape index (κ2) is 8.29. The fourth-order valence-electron chi connectivity index (χ4n) is 1.63. The highest BCUT2D eigenvalue weighted by Gasteiger charge is 2.05. The van der Waals surface area contributed by atoms with E-state index in [1.807, 2.05) is 0 Å². The van der Waals surface area contributed by atoms with Gasteiger partial charge in [0.25, 0.3) is 0 Å². The van der Waals surface area contributed by atoms with Gasteiger partial charge in [0.05, 0.1) is 23.9 Å². The molecule has 0 amide bonds. The van der Waals surface area contributed by atoms with Crippen molar-refractivity contribution in [3.05, 3.63) is 18.1 Å².